The van der Waals surface area contributed by atoms with Gasteiger partial charge in [0, 0.05) is 35.2 Å². The summed E-state index contributed by atoms with van der Waals surface area (Å²) in [6.45, 7) is 3.16. The number of ether oxygens (including phenoxy) is 1. The van der Waals surface area contributed by atoms with Crippen LogP contribution in [-0.4, -0.2) is 36.0 Å². The zero-order valence-corrected chi connectivity index (χ0v) is 19.6. The number of aromatic nitrogens is 1. The van der Waals surface area contributed by atoms with Crippen molar-refractivity contribution in [1.29, 1.82) is 0 Å². The summed E-state index contributed by atoms with van der Waals surface area (Å²) in [6, 6.07) is 24.5. The summed E-state index contributed by atoms with van der Waals surface area (Å²) in [5.74, 6) is 0.869. The van der Waals surface area contributed by atoms with Gasteiger partial charge in [0.25, 0.3) is 0 Å². The summed E-state index contributed by atoms with van der Waals surface area (Å²) in [6.07, 6.45) is 3.60. The first-order chi connectivity index (χ1) is 16.7. The fraction of sp³-hybridized carbons (Fsp3) is 0.276. The lowest BCUT2D eigenvalue weighted by Crippen LogP contribution is -2.20. The van der Waals surface area contributed by atoms with Crippen molar-refractivity contribution in [3.05, 3.63) is 83.9 Å². The smallest absolute Gasteiger partial charge is 0.224 e. The number of hydrogen-bond donors (Lipinski definition) is 2. The van der Waals surface area contributed by atoms with E-state index in [-0.39, 0.29) is 5.91 Å². The van der Waals surface area contributed by atoms with Gasteiger partial charge in [-0.1, -0.05) is 36.4 Å². The Morgan fingerprint density at radius 1 is 0.971 bits per heavy atom. The highest BCUT2D eigenvalue weighted by Gasteiger charge is 2.17. The number of aromatic amines is 1. The molecule has 0 bridgehead atoms. The van der Waals surface area contributed by atoms with Gasteiger partial charge in [-0.25, -0.2) is 0 Å². The number of benzene rings is 3. The van der Waals surface area contributed by atoms with E-state index in [1.807, 2.05) is 42.5 Å². The average Bonchev–Trinajstić information content (AvgIpc) is 3.52. The molecule has 34 heavy (non-hydrogen) atoms. The third kappa shape index (κ3) is 4.85. The number of para-hydroxylation sites is 2. The van der Waals surface area contributed by atoms with Crippen molar-refractivity contribution in [1.82, 2.24) is 9.88 Å². The number of rotatable bonds is 8. The molecule has 1 aliphatic heterocycles. The molecular weight excluding hydrogens is 422 g/mol. The number of anilines is 1. The number of aryl methyl sites for hydroxylation is 1. The van der Waals surface area contributed by atoms with Gasteiger partial charge >= 0.3 is 0 Å². The van der Waals surface area contributed by atoms with E-state index in [1.165, 1.54) is 24.0 Å². The molecule has 2 N–H and O–H groups in total. The van der Waals surface area contributed by atoms with Crippen molar-refractivity contribution >= 4 is 22.5 Å². The molecule has 5 heteroatoms. The number of H-pyrrole nitrogens is 1. The van der Waals surface area contributed by atoms with Crippen LogP contribution in [0.4, 0.5) is 5.69 Å². The fourth-order valence-electron chi connectivity index (χ4n) is 4.88. The van der Waals surface area contributed by atoms with Crippen molar-refractivity contribution in [2.45, 2.75) is 32.2 Å². The molecule has 174 valence electrons. The normalized spacial score (nSPS) is 13.9. The van der Waals surface area contributed by atoms with Crippen LogP contribution in [0.3, 0.4) is 0 Å². The van der Waals surface area contributed by atoms with Crippen LogP contribution in [0.1, 0.15) is 30.4 Å². The minimum Gasteiger partial charge on any atom is -0.497 e. The van der Waals surface area contributed by atoms with E-state index in [1.54, 1.807) is 7.11 Å². The quantitative estimate of drug-likeness (QED) is 0.343. The van der Waals surface area contributed by atoms with E-state index in [4.69, 9.17) is 4.74 Å². The highest BCUT2D eigenvalue weighted by molar-refractivity contribution is 5.94. The van der Waals surface area contributed by atoms with Gasteiger partial charge in [-0.05, 0) is 85.4 Å². The van der Waals surface area contributed by atoms with Crippen LogP contribution in [0.15, 0.2) is 72.8 Å². The summed E-state index contributed by atoms with van der Waals surface area (Å²) in [5, 5.41) is 4.34. The first-order valence-corrected chi connectivity index (χ1v) is 12.1. The van der Waals surface area contributed by atoms with Crippen LogP contribution in [-0.2, 0) is 17.8 Å². The minimum absolute atomic E-state index is 0.0415. The molecule has 2 heterocycles. The first-order valence-electron chi connectivity index (χ1n) is 12.1. The van der Waals surface area contributed by atoms with Crippen LogP contribution in [0.5, 0.6) is 5.75 Å². The van der Waals surface area contributed by atoms with Gasteiger partial charge < -0.3 is 15.0 Å². The molecule has 3 aromatic carbocycles. The summed E-state index contributed by atoms with van der Waals surface area (Å²) in [5.41, 5.74) is 6.51. The topological polar surface area (TPSA) is 57.4 Å². The SMILES string of the molecule is COc1ccc(-c2[nH]c3ccccc3c2CCC(=O)Nc2ccccc2CN2CCCC2)cc1. The van der Waals surface area contributed by atoms with Gasteiger partial charge in [-0.15, -0.1) is 0 Å². The zero-order chi connectivity index (χ0) is 23.3. The lowest BCUT2D eigenvalue weighted by atomic mass is 10.0. The molecule has 0 spiro atoms. The van der Waals surface area contributed by atoms with Gasteiger partial charge in [0.05, 0.1) is 7.11 Å². The second kappa shape index (κ2) is 10.1. The van der Waals surface area contributed by atoms with E-state index < -0.39 is 0 Å². The molecule has 1 aliphatic rings. The minimum atomic E-state index is 0.0415. The van der Waals surface area contributed by atoms with Crippen LogP contribution < -0.4 is 10.1 Å². The largest absolute Gasteiger partial charge is 0.497 e. The third-order valence-electron chi connectivity index (χ3n) is 6.68. The van der Waals surface area contributed by atoms with Gasteiger partial charge in [0.2, 0.25) is 5.91 Å². The molecule has 0 aliphatic carbocycles. The standard InChI is InChI=1S/C29H31N3O2/c1-34-23-14-12-21(13-15-23)29-25(24-9-3-5-11-27(24)31-29)16-17-28(33)30-26-10-4-2-8-22(26)20-32-18-6-7-19-32/h2-5,8-15,31H,6-7,16-20H2,1H3,(H,30,33). The number of nitrogens with zero attached hydrogens (tertiary/aromatic N) is 1. The van der Waals surface area contributed by atoms with Gasteiger partial charge in [0.1, 0.15) is 5.75 Å². The van der Waals surface area contributed by atoms with E-state index >= 15 is 0 Å². The number of amides is 1. The Labute approximate surface area is 200 Å². The highest BCUT2D eigenvalue weighted by Crippen LogP contribution is 2.32. The summed E-state index contributed by atoms with van der Waals surface area (Å²) in [7, 11) is 1.67. The van der Waals surface area contributed by atoms with E-state index in [9.17, 15) is 4.79 Å². The van der Waals surface area contributed by atoms with Crippen LogP contribution in [0.2, 0.25) is 0 Å². The molecule has 5 rings (SSSR count). The maximum atomic E-state index is 13.0. The molecule has 1 aromatic heterocycles. The summed E-state index contributed by atoms with van der Waals surface area (Å²) in [4.78, 5) is 19.0. The van der Waals surface area contributed by atoms with Crippen LogP contribution in [0.25, 0.3) is 22.2 Å². The highest BCUT2D eigenvalue weighted by atomic mass is 16.5. The Morgan fingerprint density at radius 2 is 1.71 bits per heavy atom. The van der Waals surface area contributed by atoms with Crippen molar-refractivity contribution in [2.75, 3.05) is 25.5 Å². The van der Waals surface area contributed by atoms with Crippen LogP contribution >= 0.6 is 0 Å². The number of likely N-dealkylation sites (tertiary alicyclic amines) is 1. The monoisotopic (exact) mass is 453 g/mol. The number of hydrogen-bond acceptors (Lipinski definition) is 3. The first kappa shape index (κ1) is 22.2. The maximum absolute atomic E-state index is 13.0. The molecule has 5 nitrogen and oxygen atoms in total. The molecule has 0 atom stereocenters. The Bertz CT molecular complexity index is 1270. The van der Waals surface area contributed by atoms with Gasteiger partial charge in [-0.2, -0.15) is 0 Å². The Hall–Kier alpha value is -3.57. The molecular formula is C29H31N3O2. The second-order valence-electron chi connectivity index (χ2n) is 8.94. The lowest BCUT2D eigenvalue weighted by molar-refractivity contribution is -0.116. The van der Waals surface area contributed by atoms with Crippen molar-refractivity contribution in [2.24, 2.45) is 0 Å². The Balaban J connectivity index is 1.34. The van der Waals surface area contributed by atoms with Crippen LogP contribution in [0, 0.1) is 0 Å². The Morgan fingerprint density at radius 3 is 2.50 bits per heavy atom. The Kier molecular flexibility index (Phi) is 6.63. The number of fused-ring (bicyclic) bond motifs is 1. The second-order valence-corrected chi connectivity index (χ2v) is 8.94. The van der Waals surface area contributed by atoms with Gasteiger partial charge in [0.15, 0.2) is 0 Å². The molecule has 4 aromatic rings. The zero-order valence-electron chi connectivity index (χ0n) is 19.6. The van der Waals surface area contributed by atoms with Crippen molar-refractivity contribution in [3.8, 4) is 17.0 Å². The predicted molar refractivity (Wildman–Crippen MR) is 138 cm³/mol. The van der Waals surface area contributed by atoms with E-state index in [2.05, 4.69) is 45.5 Å². The molecule has 1 fully saturated rings. The average molecular weight is 454 g/mol. The predicted octanol–water partition coefficient (Wildman–Crippen LogP) is 6.01. The molecule has 1 saturated heterocycles. The summed E-state index contributed by atoms with van der Waals surface area (Å²) >= 11 is 0. The van der Waals surface area contributed by atoms with Crippen molar-refractivity contribution in [3.63, 3.8) is 0 Å². The molecule has 0 saturated carbocycles. The number of carbonyl (C=O) groups is 1. The summed E-state index contributed by atoms with van der Waals surface area (Å²) < 4.78 is 5.31. The molecule has 0 radical (unpaired) electrons. The third-order valence-corrected chi connectivity index (χ3v) is 6.68. The number of carbonyl (C=O) groups excluding carboxylic acids is 1. The number of methoxy groups -OCH3 is 1. The van der Waals surface area contributed by atoms with E-state index in [0.717, 1.165) is 53.2 Å². The lowest BCUT2D eigenvalue weighted by Gasteiger charge is -2.18. The number of nitrogens with one attached hydrogen (secondary N) is 2. The molecule has 0 unspecified atom stereocenters. The maximum Gasteiger partial charge on any atom is 0.224 e. The van der Waals surface area contributed by atoms with E-state index in [0.29, 0.717) is 12.8 Å². The van der Waals surface area contributed by atoms with Gasteiger partial charge in [-0.3, -0.25) is 9.69 Å². The van der Waals surface area contributed by atoms with Crippen molar-refractivity contribution < 1.29 is 9.53 Å². The fourth-order valence-corrected chi connectivity index (χ4v) is 4.88. The molecule has 1 amide bonds.